The molecule has 0 fully saturated rings. The second-order valence-corrected chi connectivity index (χ2v) is 7.10. The van der Waals surface area contributed by atoms with Gasteiger partial charge in [0.25, 0.3) is 5.91 Å². The van der Waals surface area contributed by atoms with Crippen molar-refractivity contribution in [3.63, 3.8) is 0 Å². The van der Waals surface area contributed by atoms with Crippen molar-refractivity contribution in [3.8, 4) is 5.75 Å². The second kappa shape index (κ2) is 9.56. The van der Waals surface area contributed by atoms with Crippen LogP contribution in [0.4, 0.5) is 5.13 Å². The van der Waals surface area contributed by atoms with Crippen LogP contribution in [-0.2, 0) is 11.2 Å². The molecular weight excluding hydrogens is 390 g/mol. The topological polar surface area (TPSA) is 106 Å². The van der Waals surface area contributed by atoms with Crippen molar-refractivity contribution < 1.29 is 14.3 Å². The Bertz CT molecular complexity index is 1050. The van der Waals surface area contributed by atoms with Crippen LogP contribution >= 0.6 is 11.3 Å². The molecule has 3 aromatic rings. The summed E-state index contributed by atoms with van der Waals surface area (Å²) in [7, 11) is 1.57. The maximum Gasteiger partial charge on any atom is 0.257 e. The Balaban J connectivity index is 1.53. The highest BCUT2D eigenvalue weighted by Crippen LogP contribution is 2.17. The lowest BCUT2D eigenvalue weighted by Crippen LogP contribution is -2.19. The van der Waals surface area contributed by atoms with Gasteiger partial charge in [-0.25, -0.2) is 5.43 Å². The number of amides is 2. The Morgan fingerprint density at radius 3 is 2.79 bits per heavy atom. The molecule has 0 bridgehead atoms. The van der Waals surface area contributed by atoms with Crippen molar-refractivity contribution in [2.24, 2.45) is 5.10 Å². The van der Waals surface area contributed by atoms with E-state index >= 15 is 0 Å². The fraction of sp³-hybridized carbons (Fsp3) is 0.150. The molecule has 0 unspecified atom stereocenters. The number of nitrogens with zero attached hydrogens (tertiary/aromatic N) is 3. The van der Waals surface area contributed by atoms with E-state index in [0.717, 1.165) is 22.5 Å². The molecule has 9 heteroatoms. The molecule has 0 radical (unpaired) electrons. The first-order valence-corrected chi connectivity index (χ1v) is 9.52. The second-order valence-electron chi connectivity index (χ2n) is 6.04. The van der Waals surface area contributed by atoms with Crippen LogP contribution in [-0.4, -0.2) is 35.3 Å². The van der Waals surface area contributed by atoms with E-state index in [1.54, 1.807) is 25.3 Å². The summed E-state index contributed by atoms with van der Waals surface area (Å²) in [4.78, 5) is 24.3. The highest BCUT2D eigenvalue weighted by molar-refractivity contribution is 7.15. The number of anilines is 1. The van der Waals surface area contributed by atoms with Gasteiger partial charge in [0.05, 0.1) is 19.7 Å². The standard InChI is InChI=1S/C20H19N5O3S/c1-13-6-5-8-14(10-13)19(27)22-20-25-24-18(29-20)11-17(26)23-21-12-15-7-3-4-9-16(15)28-2/h3-10,12H,11H2,1-2H3,(H,23,26)(H,22,25,27)/b21-12+. The van der Waals surface area contributed by atoms with Gasteiger partial charge in [0.1, 0.15) is 10.8 Å². The molecule has 3 rings (SSSR count). The molecule has 0 saturated carbocycles. The fourth-order valence-electron chi connectivity index (χ4n) is 2.45. The number of nitrogens with one attached hydrogen (secondary N) is 2. The molecule has 0 aliphatic heterocycles. The number of hydrogen-bond acceptors (Lipinski definition) is 7. The van der Waals surface area contributed by atoms with E-state index in [9.17, 15) is 9.59 Å². The van der Waals surface area contributed by atoms with Crippen LogP contribution < -0.4 is 15.5 Å². The minimum absolute atomic E-state index is 0.00124. The average molecular weight is 409 g/mol. The zero-order chi connectivity index (χ0) is 20.6. The molecule has 1 aromatic heterocycles. The predicted molar refractivity (Wildman–Crippen MR) is 111 cm³/mol. The number of rotatable bonds is 7. The molecule has 148 valence electrons. The van der Waals surface area contributed by atoms with E-state index in [2.05, 4.69) is 26.0 Å². The average Bonchev–Trinajstić information content (AvgIpc) is 3.15. The SMILES string of the molecule is COc1ccccc1/C=N/NC(=O)Cc1nnc(NC(=O)c2cccc(C)c2)s1. The van der Waals surface area contributed by atoms with E-state index in [-0.39, 0.29) is 18.2 Å². The van der Waals surface area contributed by atoms with Gasteiger partial charge in [0, 0.05) is 11.1 Å². The maximum absolute atomic E-state index is 12.2. The third kappa shape index (κ3) is 5.69. The molecular formula is C20H19N5O3S. The summed E-state index contributed by atoms with van der Waals surface area (Å²) in [5.41, 5.74) is 4.70. The number of hydrazone groups is 1. The monoisotopic (exact) mass is 409 g/mol. The van der Waals surface area contributed by atoms with Gasteiger partial charge in [-0.2, -0.15) is 5.10 Å². The lowest BCUT2D eigenvalue weighted by molar-refractivity contribution is -0.120. The first-order chi connectivity index (χ1) is 14.0. The van der Waals surface area contributed by atoms with Crippen LogP contribution in [0.15, 0.2) is 53.6 Å². The van der Waals surface area contributed by atoms with E-state index in [0.29, 0.717) is 21.5 Å². The molecule has 0 aliphatic carbocycles. The van der Waals surface area contributed by atoms with Gasteiger partial charge in [-0.3, -0.25) is 14.9 Å². The highest BCUT2D eigenvalue weighted by Gasteiger charge is 2.12. The normalized spacial score (nSPS) is 10.7. The Kier molecular flexibility index (Phi) is 6.64. The zero-order valence-electron chi connectivity index (χ0n) is 15.9. The molecule has 0 atom stereocenters. The summed E-state index contributed by atoms with van der Waals surface area (Å²) in [5, 5.41) is 15.3. The number of aryl methyl sites for hydroxylation is 1. The zero-order valence-corrected chi connectivity index (χ0v) is 16.7. The number of methoxy groups -OCH3 is 1. The van der Waals surface area contributed by atoms with Crippen molar-refractivity contribution in [2.75, 3.05) is 12.4 Å². The maximum atomic E-state index is 12.2. The summed E-state index contributed by atoms with van der Waals surface area (Å²) >= 11 is 1.14. The summed E-state index contributed by atoms with van der Waals surface area (Å²) in [5.74, 6) is 0.0368. The Labute approximate surface area is 171 Å². The molecule has 8 nitrogen and oxygen atoms in total. The van der Waals surface area contributed by atoms with Gasteiger partial charge in [0.2, 0.25) is 11.0 Å². The van der Waals surface area contributed by atoms with Crippen molar-refractivity contribution >= 4 is 34.5 Å². The van der Waals surface area contributed by atoms with Gasteiger partial charge in [0.15, 0.2) is 0 Å². The van der Waals surface area contributed by atoms with Crippen molar-refractivity contribution in [3.05, 3.63) is 70.2 Å². The van der Waals surface area contributed by atoms with Gasteiger partial charge in [-0.1, -0.05) is 41.2 Å². The molecule has 2 aromatic carbocycles. The molecule has 0 saturated heterocycles. The van der Waals surface area contributed by atoms with Gasteiger partial charge < -0.3 is 4.74 Å². The quantitative estimate of drug-likeness (QED) is 0.461. The van der Waals surface area contributed by atoms with Crippen LogP contribution in [0.3, 0.4) is 0 Å². The number of para-hydroxylation sites is 1. The molecule has 0 spiro atoms. The van der Waals surface area contributed by atoms with E-state index in [1.807, 2.05) is 37.3 Å². The number of benzene rings is 2. The van der Waals surface area contributed by atoms with Gasteiger partial charge in [-0.05, 0) is 31.2 Å². The van der Waals surface area contributed by atoms with E-state index < -0.39 is 0 Å². The fourth-order valence-corrected chi connectivity index (χ4v) is 3.19. The van der Waals surface area contributed by atoms with Crippen molar-refractivity contribution in [1.82, 2.24) is 15.6 Å². The first kappa shape index (κ1) is 20.2. The molecule has 1 heterocycles. The van der Waals surface area contributed by atoms with Crippen molar-refractivity contribution in [2.45, 2.75) is 13.3 Å². The van der Waals surface area contributed by atoms with E-state index in [4.69, 9.17) is 4.74 Å². The Hall–Kier alpha value is -3.59. The van der Waals surface area contributed by atoms with Crippen LogP contribution in [0.25, 0.3) is 0 Å². The van der Waals surface area contributed by atoms with Crippen LogP contribution in [0.5, 0.6) is 5.75 Å². The lowest BCUT2D eigenvalue weighted by atomic mass is 10.1. The van der Waals surface area contributed by atoms with Crippen molar-refractivity contribution in [1.29, 1.82) is 0 Å². The summed E-state index contributed by atoms with van der Waals surface area (Å²) in [6, 6.07) is 14.5. The number of carbonyl (C=O) groups excluding carboxylic acids is 2. The predicted octanol–water partition coefficient (Wildman–Crippen LogP) is 2.80. The lowest BCUT2D eigenvalue weighted by Gasteiger charge is -2.03. The molecule has 2 N–H and O–H groups in total. The van der Waals surface area contributed by atoms with Crippen LogP contribution in [0.2, 0.25) is 0 Å². The third-order valence-corrected chi connectivity index (χ3v) is 4.65. The minimum Gasteiger partial charge on any atom is -0.496 e. The number of ether oxygens (including phenoxy) is 1. The largest absolute Gasteiger partial charge is 0.496 e. The highest BCUT2D eigenvalue weighted by atomic mass is 32.1. The molecule has 0 aliphatic rings. The number of aromatic nitrogens is 2. The minimum atomic E-state index is -0.344. The summed E-state index contributed by atoms with van der Waals surface area (Å²) in [6.45, 7) is 1.91. The summed E-state index contributed by atoms with van der Waals surface area (Å²) in [6.07, 6.45) is 1.51. The third-order valence-electron chi connectivity index (χ3n) is 3.81. The smallest absolute Gasteiger partial charge is 0.257 e. The van der Waals surface area contributed by atoms with Crippen LogP contribution in [0, 0.1) is 6.92 Å². The number of carbonyl (C=O) groups is 2. The van der Waals surface area contributed by atoms with Gasteiger partial charge in [-0.15, -0.1) is 10.2 Å². The van der Waals surface area contributed by atoms with Crippen LogP contribution in [0.1, 0.15) is 26.5 Å². The number of hydrogen-bond donors (Lipinski definition) is 2. The molecule has 2 amide bonds. The van der Waals surface area contributed by atoms with Gasteiger partial charge >= 0.3 is 0 Å². The molecule has 29 heavy (non-hydrogen) atoms. The van der Waals surface area contributed by atoms with E-state index in [1.165, 1.54) is 6.21 Å². The summed E-state index contributed by atoms with van der Waals surface area (Å²) < 4.78 is 5.22. The Morgan fingerprint density at radius 1 is 1.17 bits per heavy atom. The first-order valence-electron chi connectivity index (χ1n) is 8.70. The Morgan fingerprint density at radius 2 is 2.00 bits per heavy atom.